The minimum absolute atomic E-state index is 0.0370. The van der Waals surface area contributed by atoms with Crippen LogP contribution in [0.5, 0.6) is 0 Å². The van der Waals surface area contributed by atoms with Gasteiger partial charge >= 0.3 is 0 Å². The lowest BCUT2D eigenvalue weighted by Crippen LogP contribution is -2.07. The number of alkyl halides is 1. The van der Waals surface area contributed by atoms with Crippen LogP contribution in [0, 0.1) is 0 Å². The predicted molar refractivity (Wildman–Crippen MR) is 60.8 cm³/mol. The molecule has 0 radical (unpaired) electrons. The molecule has 0 N–H and O–H groups in total. The molecule has 1 aromatic heterocycles. The average Bonchev–Trinajstić information content (AvgIpc) is 2.80. The van der Waals surface area contributed by atoms with Crippen molar-refractivity contribution in [3.63, 3.8) is 0 Å². The Balaban J connectivity index is 2.06. The lowest BCUT2D eigenvalue weighted by Gasteiger charge is -2.10. The van der Waals surface area contributed by atoms with E-state index in [4.69, 9.17) is 0 Å². The molecular weight excluding hydrogens is 273 g/mol. The summed E-state index contributed by atoms with van der Waals surface area (Å²) in [6.07, 6.45) is -0.601. The Bertz CT molecular complexity index is 511. The maximum Gasteiger partial charge on any atom is 0.217 e. The smallest absolute Gasteiger partial charge is 0.217 e. The number of hydrogen-bond donors (Lipinski definition) is 0. The first-order valence-corrected chi connectivity index (χ1v) is 5.86. The highest BCUT2D eigenvalue weighted by Gasteiger charge is 2.34. The standard InChI is InChI=1S/C11H9BrFN3/c12-11-14-10-8(13)6-9(16(10)15-11)7-4-2-1-3-5-7/h1-5,8-9H,6H2/t8-,9+/m0/s1. The van der Waals surface area contributed by atoms with Gasteiger partial charge in [-0.25, -0.2) is 14.1 Å². The van der Waals surface area contributed by atoms with Gasteiger partial charge in [-0.2, -0.15) is 0 Å². The van der Waals surface area contributed by atoms with E-state index in [0.717, 1.165) is 5.56 Å². The van der Waals surface area contributed by atoms with Gasteiger partial charge in [0, 0.05) is 6.42 Å². The van der Waals surface area contributed by atoms with E-state index >= 15 is 0 Å². The normalized spacial score (nSPS) is 23.4. The van der Waals surface area contributed by atoms with E-state index in [1.807, 2.05) is 30.3 Å². The van der Waals surface area contributed by atoms with Gasteiger partial charge in [0.05, 0.1) is 6.04 Å². The van der Waals surface area contributed by atoms with Crippen LogP contribution < -0.4 is 0 Å². The fourth-order valence-corrected chi connectivity index (χ4v) is 2.46. The van der Waals surface area contributed by atoms with Gasteiger partial charge in [0.1, 0.15) is 0 Å². The van der Waals surface area contributed by atoms with E-state index in [0.29, 0.717) is 17.0 Å². The Labute approximate surface area is 100 Å². The largest absolute Gasteiger partial charge is 0.239 e. The molecule has 0 fully saturated rings. The van der Waals surface area contributed by atoms with Crippen molar-refractivity contribution in [2.45, 2.75) is 18.6 Å². The fourth-order valence-electron chi connectivity index (χ4n) is 2.10. The van der Waals surface area contributed by atoms with Crippen LogP contribution in [-0.4, -0.2) is 14.8 Å². The molecule has 5 heteroatoms. The molecule has 0 spiro atoms. The Hall–Kier alpha value is -1.23. The third-order valence-electron chi connectivity index (χ3n) is 2.82. The molecule has 3 rings (SSSR count). The van der Waals surface area contributed by atoms with Gasteiger partial charge < -0.3 is 0 Å². The summed E-state index contributed by atoms with van der Waals surface area (Å²) in [5.74, 6) is 0.417. The Morgan fingerprint density at radius 2 is 2.06 bits per heavy atom. The molecule has 1 aliphatic rings. The number of halogens is 2. The summed E-state index contributed by atoms with van der Waals surface area (Å²) < 4.78 is 15.8. The van der Waals surface area contributed by atoms with Gasteiger partial charge in [0.25, 0.3) is 0 Å². The van der Waals surface area contributed by atoms with Crippen LogP contribution in [0.3, 0.4) is 0 Å². The van der Waals surface area contributed by atoms with Crippen LogP contribution >= 0.6 is 15.9 Å². The van der Waals surface area contributed by atoms with Crippen molar-refractivity contribution < 1.29 is 4.39 Å². The van der Waals surface area contributed by atoms with Crippen LogP contribution in [0.1, 0.15) is 30.0 Å². The monoisotopic (exact) mass is 281 g/mol. The van der Waals surface area contributed by atoms with Gasteiger partial charge in [-0.1, -0.05) is 30.3 Å². The first-order valence-electron chi connectivity index (χ1n) is 5.06. The minimum atomic E-state index is -1.02. The van der Waals surface area contributed by atoms with Crippen molar-refractivity contribution >= 4 is 15.9 Å². The van der Waals surface area contributed by atoms with Crippen LogP contribution in [0.2, 0.25) is 0 Å². The fraction of sp³-hybridized carbons (Fsp3) is 0.273. The third-order valence-corrected chi connectivity index (χ3v) is 3.16. The maximum atomic E-state index is 13.7. The second-order valence-corrected chi connectivity index (χ2v) is 4.52. The Kier molecular flexibility index (Phi) is 2.28. The van der Waals surface area contributed by atoms with Gasteiger partial charge in [-0.3, -0.25) is 0 Å². The molecule has 16 heavy (non-hydrogen) atoms. The molecule has 82 valence electrons. The van der Waals surface area contributed by atoms with Crippen LogP contribution in [-0.2, 0) is 0 Å². The predicted octanol–water partition coefficient (Wildman–Crippen LogP) is 3.04. The summed E-state index contributed by atoms with van der Waals surface area (Å²) in [6.45, 7) is 0. The zero-order chi connectivity index (χ0) is 11.1. The van der Waals surface area contributed by atoms with E-state index in [9.17, 15) is 4.39 Å². The molecule has 0 aliphatic carbocycles. The first-order chi connectivity index (χ1) is 7.75. The van der Waals surface area contributed by atoms with E-state index in [1.54, 1.807) is 4.68 Å². The lowest BCUT2D eigenvalue weighted by molar-refractivity contribution is 0.328. The molecule has 2 heterocycles. The molecule has 0 unspecified atom stereocenters. The molecular formula is C11H9BrFN3. The summed E-state index contributed by atoms with van der Waals surface area (Å²) in [5, 5.41) is 4.18. The zero-order valence-corrected chi connectivity index (χ0v) is 9.93. The topological polar surface area (TPSA) is 30.7 Å². The molecule has 0 amide bonds. The zero-order valence-electron chi connectivity index (χ0n) is 8.35. The number of rotatable bonds is 1. The van der Waals surface area contributed by atoms with Crippen molar-refractivity contribution in [2.75, 3.05) is 0 Å². The molecule has 0 saturated carbocycles. The van der Waals surface area contributed by atoms with Crippen molar-refractivity contribution in [3.05, 3.63) is 46.5 Å². The number of benzene rings is 1. The lowest BCUT2D eigenvalue weighted by atomic mass is 10.0. The third kappa shape index (κ3) is 1.46. The number of fused-ring (bicyclic) bond motifs is 1. The highest BCUT2D eigenvalue weighted by Crippen LogP contribution is 2.39. The number of hydrogen-bond acceptors (Lipinski definition) is 2. The van der Waals surface area contributed by atoms with Gasteiger partial charge in [-0.15, -0.1) is 5.10 Å². The molecule has 2 atom stereocenters. The van der Waals surface area contributed by atoms with Gasteiger partial charge in [0.15, 0.2) is 12.0 Å². The summed E-state index contributed by atoms with van der Waals surface area (Å²) in [4.78, 5) is 4.04. The van der Waals surface area contributed by atoms with E-state index in [1.165, 1.54) is 0 Å². The summed E-state index contributed by atoms with van der Waals surface area (Å²) in [7, 11) is 0. The highest BCUT2D eigenvalue weighted by atomic mass is 79.9. The van der Waals surface area contributed by atoms with Gasteiger partial charge in [-0.05, 0) is 21.5 Å². The molecule has 1 aromatic carbocycles. The number of aromatic nitrogens is 3. The molecule has 2 aromatic rings. The first kappa shape index (κ1) is 9.96. The van der Waals surface area contributed by atoms with Gasteiger partial charge in [0.2, 0.25) is 4.73 Å². The average molecular weight is 282 g/mol. The summed E-state index contributed by atoms with van der Waals surface area (Å²) in [6, 6.07) is 9.79. The molecule has 1 aliphatic heterocycles. The molecule has 3 nitrogen and oxygen atoms in total. The maximum absolute atomic E-state index is 13.7. The van der Waals surface area contributed by atoms with E-state index < -0.39 is 6.17 Å². The van der Waals surface area contributed by atoms with Crippen LogP contribution in [0.15, 0.2) is 35.1 Å². The van der Waals surface area contributed by atoms with E-state index in [2.05, 4.69) is 26.0 Å². The molecule has 0 saturated heterocycles. The summed E-state index contributed by atoms with van der Waals surface area (Å²) in [5.41, 5.74) is 1.07. The minimum Gasteiger partial charge on any atom is -0.239 e. The molecule has 0 bridgehead atoms. The Morgan fingerprint density at radius 1 is 1.31 bits per heavy atom. The van der Waals surface area contributed by atoms with Crippen LogP contribution in [0.4, 0.5) is 4.39 Å². The second-order valence-electron chi connectivity index (χ2n) is 3.81. The number of nitrogens with zero attached hydrogens (tertiary/aromatic N) is 3. The van der Waals surface area contributed by atoms with Crippen molar-refractivity contribution in [2.24, 2.45) is 0 Å². The summed E-state index contributed by atoms with van der Waals surface area (Å²) >= 11 is 3.18. The highest BCUT2D eigenvalue weighted by molar-refractivity contribution is 9.10. The second kappa shape index (κ2) is 3.66. The van der Waals surface area contributed by atoms with Crippen LogP contribution in [0.25, 0.3) is 0 Å². The van der Waals surface area contributed by atoms with E-state index in [-0.39, 0.29) is 6.04 Å². The quantitative estimate of drug-likeness (QED) is 0.804. The van der Waals surface area contributed by atoms with Crippen molar-refractivity contribution in [1.82, 2.24) is 14.8 Å². The Morgan fingerprint density at radius 3 is 2.81 bits per heavy atom. The van der Waals surface area contributed by atoms with Crippen molar-refractivity contribution in [3.8, 4) is 0 Å². The SMILES string of the molecule is F[C@H]1C[C@H](c2ccccc2)n2nc(Br)nc21. The van der Waals surface area contributed by atoms with Crippen molar-refractivity contribution in [1.29, 1.82) is 0 Å².